The number of carbonyl (C=O) groups excluding carboxylic acids is 1. The van der Waals surface area contributed by atoms with Crippen molar-refractivity contribution < 1.29 is 17.9 Å². The Morgan fingerprint density at radius 1 is 1.47 bits per heavy atom. The number of halogens is 1. The minimum absolute atomic E-state index is 0.0119. The largest absolute Gasteiger partial charge is 0.482 e. The monoisotopic (exact) mass is 304 g/mol. The summed E-state index contributed by atoms with van der Waals surface area (Å²) in [6.45, 7) is -0.263. The fraction of sp³-hybridized carbons (Fsp3) is 0.364. The standard InChI is InChI=1S/C11H13ClN2O4S/c12-7-1-4-9(10(5-7)19(13,16)17)18-6-11(15)14-8-2-3-8/h1,4-5,8H,2-3,6H2,(H,14,15)(H2,13,16,17). The summed E-state index contributed by atoms with van der Waals surface area (Å²) >= 11 is 5.71. The molecule has 0 saturated heterocycles. The van der Waals surface area contributed by atoms with Crippen LogP contribution in [-0.2, 0) is 14.8 Å². The smallest absolute Gasteiger partial charge is 0.258 e. The van der Waals surface area contributed by atoms with E-state index in [9.17, 15) is 13.2 Å². The number of ether oxygens (including phenoxy) is 1. The van der Waals surface area contributed by atoms with Crippen molar-refractivity contribution in [2.45, 2.75) is 23.8 Å². The summed E-state index contributed by atoms with van der Waals surface area (Å²) in [7, 11) is -3.96. The number of benzene rings is 1. The van der Waals surface area contributed by atoms with Crippen LogP contribution in [0.3, 0.4) is 0 Å². The lowest BCUT2D eigenvalue weighted by Crippen LogP contribution is -2.30. The van der Waals surface area contributed by atoms with Crippen molar-refractivity contribution in [1.29, 1.82) is 0 Å². The second-order valence-corrected chi connectivity index (χ2v) is 6.23. The van der Waals surface area contributed by atoms with Gasteiger partial charge in [-0.3, -0.25) is 4.79 Å². The maximum Gasteiger partial charge on any atom is 0.258 e. The highest BCUT2D eigenvalue weighted by atomic mass is 35.5. The Bertz CT molecular complexity index is 599. The first kappa shape index (κ1) is 14.1. The molecule has 104 valence electrons. The van der Waals surface area contributed by atoms with Gasteiger partial charge < -0.3 is 10.1 Å². The molecular formula is C11H13ClN2O4S. The van der Waals surface area contributed by atoms with E-state index in [0.29, 0.717) is 0 Å². The number of sulfonamides is 1. The number of primary sulfonamides is 1. The van der Waals surface area contributed by atoms with E-state index in [-0.39, 0.29) is 34.2 Å². The number of amides is 1. The molecule has 0 heterocycles. The molecule has 19 heavy (non-hydrogen) atoms. The number of rotatable bonds is 5. The second-order valence-electron chi connectivity index (χ2n) is 4.27. The lowest BCUT2D eigenvalue weighted by Gasteiger charge is -2.10. The highest BCUT2D eigenvalue weighted by molar-refractivity contribution is 7.89. The van der Waals surface area contributed by atoms with Gasteiger partial charge in [0.1, 0.15) is 10.6 Å². The van der Waals surface area contributed by atoms with E-state index in [1.165, 1.54) is 18.2 Å². The molecule has 1 aliphatic carbocycles. The highest BCUT2D eigenvalue weighted by Crippen LogP contribution is 2.26. The van der Waals surface area contributed by atoms with Crippen LogP contribution in [-0.4, -0.2) is 27.0 Å². The molecule has 6 nitrogen and oxygen atoms in total. The van der Waals surface area contributed by atoms with Gasteiger partial charge in [0, 0.05) is 11.1 Å². The fourth-order valence-electron chi connectivity index (χ4n) is 1.46. The predicted molar refractivity (Wildman–Crippen MR) is 69.5 cm³/mol. The van der Waals surface area contributed by atoms with E-state index >= 15 is 0 Å². The molecule has 1 fully saturated rings. The van der Waals surface area contributed by atoms with Crippen LogP contribution in [0.2, 0.25) is 5.02 Å². The highest BCUT2D eigenvalue weighted by Gasteiger charge is 2.23. The van der Waals surface area contributed by atoms with Crippen molar-refractivity contribution in [2.24, 2.45) is 5.14 Å². The van der Waals surface area contributed by atoms with Crippen LogP contribution in [0.5, 0.6) is 5.75 Å². The van der Waals surface area contributed by atoms with Gasteiger partial charge >= 0.3 is 0 Å². The maximum absolute atomic E-state index is 11.5. The molecule has 1 amide bonds. The molecule has 1 aromatic rings. The molecule has 0 spiro atoms. The van der Waals surface area contributed by atoms with Crippen LogP contribution in [0, 0.1) is 0 Å². The molecule has 3 N–H and O–H groups in total. The second kappa shape index (κ2) is 5.36. The Kier molecular flexibility index (Phi) is 3.98. The predicted octanol–water partition coefficient (Wildman–Crippen LogP) is 0.645. The van der Waals surface area contributed by atoms with Crippen molar-refractivity contribution in [1.82, 2.24) is 5.32 Å². The summed E-state index contributed by atoms with van der Waals surface area (Å²) in [5.41, 5.74) is 0. The van der Waals surface area contributed by atoms with Crippen LogP contribution in [0.25, 0.3) is 0 Å². The average Bonchev–Trinajstić information content (AvgIpc) is 3.10. The van der Waals surface area contributed by atoms with Crippen LogP contribution in [0.15, 0.2) is 23.1 Å². The molecule has 0 aromatic heterocycles. The quantitative estimate of drug-likeness (QED) is 0.834. The number of nitrogens with two attached hydrogens (primary N) is 1. The van der Waals surface area contributed by atoms with Crippen molar-refractivity contribution in [3.63, 3.8) is 0 Å². The molecule has 1 aliphatic rings. The molecule has 8 heteroatoms. The zero-order valence-corrected chi connectivity index (χ0v) is 11.5. The van der Waals surface area contributed by atoms with Gasteiger partial charge in [-0.15, -0.1) is 0 Å². The summed E-state index contributed by atoms with van der Waals surface area (Å²) in [5, 5.41) is 8.00. The van der Waals surface area contributed by atoms with Gasteiger partial charge in [0.2, 0.25) is 10.0 Å². The third-order valence-electron chi connectivity index (χ3n) is 2.51. The summed E-state index contributed by atoms with van der Waals surface area (Å²) in [6.07, 6.45) is 1.93. The molecule has 1 saturated carbocycles. The molecule has 0 aliphatic heterocycles. The first-order valence-corrected chi connectivity index (χ1v) is 7.53. The maximum atomic E-state index is 11.5. The molecule has 1 aromatic carbocycles. The van der Waals surface area contributed by atoms with Crippen LogP contribution < -0.4 is 15.2 Å². The first-order chi connectivity index (χ1) is 8.86. The van der Waals surface area contributed by atoms with Crippen molar-refractivity contribution in [3.05, 3.63) is 23.2 Å². The normalized spacial score (nSPS) is 15.1. The van der Waals surface area contributed by atoms with Crippen molar-refractivity contribution in [3.8, 4) is 5.75 Å². The van der Waals surface area contributed by atoms with Gasteiger partial charge in [-0.1, -0.05) is 11.6 Å². The lowest BCUT2D eigenvalue weighted by molar-refractivity contribution is -0.123. The molecule has 0 radical (unpaired) electrons. The van der Waals surface area contributed by atoms with E-state index in [1.54, 1.807) is 0 Å². The molecule has 0 bridgehead atoms. The Morgan fingerprint density at radius 2 is 2.16 bits per heavy atom. The fourth-order valence-corrected chi connectivity index (χ4v) is 2.40. The van der Waals surface area contributed by atoms with E-state index in [0.717, 1.165) is 12.8 Å². The summed E-state index contributed by atoms with van der Waals surface area (Å²) in [5.74, 6) is -0.282. The first-order valence-electron chi connectivity index (χ1n) is 5.61. The van der Waals surface area contributed by atoms with E-state index in [4.69, 9.17) is 21.5 Å². The SMILES string of the molecule is NS(=O)(=O)c1cc(Cl)ccc1OCC(=O)NC1CC1. The van der Waals surface area contributed by atoms with Gasteiger partial charge in [0.15, 0.2) is 6.61 Å². The zero-order chi connectivity index (χ0) is 14.0. The molecule has 0 unspecified atom stereocenters. The minimum Gasteiger partial charge on any atom is -0.482 e. The average molecular weight is 305 g/mol. The number of carbonyl (C=O) groups is 1. The zero-order valence-electron chi connectivity index (χ0n) is 9.93. The minimum atomic E-state index is -3.96. The Hall–Kier alpha value is -1.31. The topological polar surface area (TPSA) is 98.5 Å². The summed E-state index contributed by atoms with van der Waals surface area (Å²) in [6, 6.07) is 4.24. The van der Waals surface area contributed by atoms with Crippen LogP contribution in [0.4, 0.5) is 0 Å². The number of hydrogen-bond donors (Lipinski definition) is 2. The molecular weight excluding hydrogens is 292 g/mol. The Labute approximate surface area is 115 Å². The van der Waals surface area contributed by atoms with Gasteiger partial charge in [0.05, 0.1) is 0 Å². The van der Waals surface area contributed by atoms with Gasteiger partial charge in [0.25, 0.3) is 5.91 Å². The Balaban J connectivity index is 2.08. The van der Waals surface area contributed by atoms with Gasteiger partial charge in [-0.2, -0.15) is 0 Å². The molecule has 2 rings (SSSR count). The third-order valence-corrected chi connectivity index (χ3v) is 3.68. The van der Waals surface area contributed by atoms with Crippen molar-refractivity contribution >= 4 is 27.5 Å². The number of hydrogen-bond acceptors (Lipinski definition) is 4. The lowest BCUT2D eigenvalue weighted by atomic mass is 10.3. The van der Waals surface area contributed by atoms with Gasteiger partial charge in [-0.05, 0) is 31.0 Å². The van der Waals surface area contributed by atoms with Crippen molar-refractivity contribution in [2.75, 3.05) is 6.61 Å². The Morgan fingerprint density at radius 3 is 2.74 bits per heavy atom. The van der Waals surface area contributed by atoms with E-state index in [1.807, 2.05) is 0 Å². The van der Waals surface area contributed by atoms with E-state index < -0.39 is 10.0 Å². The third kappa shape index (κ3) is 4.09. The van der Waals surface area contributed by atoms with Crippen LogP contribution in [0.1, 0.15) is 12.8 Å². The van der Waals surface area contributed by atoms with Gasteiger partial charge in [-0.25, -0.2) is 13.6 Å². The van der Waals surface area contributed by atoms with E-state index in [2.05, 4.69) is 5.32 Å². The summed E-state index contributed by atoms with van der Waals surface area (Å²) < 4.78 is 27.9. The number of nitrogens with one attached hydrogen (secondary N) is 1. The molecule has 0 atom stereocenters. The van der Waals surface area contributed by atoms with Crippen LogP contribution >= 0.6 is 11.6 Å². The summed E-state index contributed by atoms with van der Waals surface area (Å²) in [4.78, 5) is 11.2.